The number of fused-ring (bicyclic) bond motifs is 2. The first-order valence-corrected chi connectivity index (χ1v) is 6.54. The van der Waals surface area contributed by atoms with Gasteiger partial charge in [0.2, 0.25) is 0 Å². The number of carboxylic acid groups (broad SMARTS) is 1. The minimum Gasteiger partial charge on any atom is -0.481 e. The predicted octanol–water partition coefficient (Wildman–Crippen LogP) is 2.18. The Morgan fingerprint density at radius 3 is 2.31 bits per heavy atom. The molecule has 0 aliphatic heterocycles. The lowest BCUT2D eigenvalue weighted by atomic mass is 9.61. The zero-order valence-electron chi connectivity index (χ0n) is 9.61. The van der Waals surface area contributed by atoms with Crippen molar-refractivity contribution in [1.29, 1.82) is 0 Å². The lowest BCUT2D eigenvalue weighted by molar-refractivity contribution is -0.178. The SMILES string of the molecule is O=C(O)C1(C2(O)CCCC2)CC2CCC1C2. The second-order valence-corrected chi connectivity index (χ2v) is 6.10. The van der Waals surface area contributed by atoms with E-state index < -0.39 is 17.0 Å². The molecule has 2 bridgehead atoms. The number of hydrogen-bond acceptors (Lipinski definition) is 2. The Morgan fingerprint density at radius 1 is 1.19 bits per heavy atom. The van der Waals surface area contributed by atoms with Crippen LogP contribution in [0.2, 0.25) is 0 Å². The van der Waals surface area contributed by atoms with Crippen LogP contribution in [0, 0.1) is 17.3 Å². The van der Waals surface area contributed by atoms with Crippen LogP contribution in [0.3, 0.4) is 0 Å². The summed E-state index contributed by atoms with van der Waals surface area (Å²) in [7, 11) is 0. The number of aliphatic carboxylic acids is 1. The number of hydrogen-bond donors (Lipinski definition) is 2. The smallest absolute Gasteiger partial charge is 0.312 e. The molecule has 3 unspecified atom stereocenters. The summed E-state index contributed by atoms with van der Waals surface area (Å²) in [5.74, 6) is 0.0629. The molecule has 3 aliphatic rings. The molecule has 0 radical (unpaired) electrons. The molecular weight excluding hydrogens is 204 g/mol. The molecule has 2 N–H and O–H groups in total. The highest BCUT2D eigenvalue weighted by molar-refractivity contribution is 5.77. The van der Waals surface area contributed by atoms with Gasteiger partial charge in [-0.2, -0.15) is 0 Å². The monoisotopic (exact) mass is 224 g/mol. The van der Waals surface area contributed by atoms with Crippen LogP contribution in [-0.2, 0) is 4.79 Å². The van der Waals surface area contributed by atoms with Gasteiger partial charge in [0.05, 0.1) is 11.0 Å². The highest BCUT2D eigenvalue weighted by Gasteiger charge is 2.66. The summed E-state index contributed by atoms with van der Waals surface area (Å²) in [5, 5.41) is 20.4. The number of aliphatic hydroxyl groups is 1. The van der Waals surface area contributed by atoms with Crippen LogP contribution in [0.15, 0.2) is 0 Å². The molecule has 3 atom stereocenters. The molecule has 0 aromatic carbocycles. The molecular formula is C13H20O3. The third kappa shape index (κ3) is 1.10. The van der Waals surface area contributed by atoms with E-state index in [9.17, 15) is 15.0 Å². The third-order valence-electron chi connectivity index (χ3n) is 5.49. The molecule has 0 heterocycles. The number of carbonyl (C=O) groups is 1. The van der Waals surface area contributed by atoms with E-state index in [-0.39, 0.29) is 5.92 Å². The molecule has 3 rings (SSSR count). The summed E-state index contributed by atoms with van der Waals surface area (Å²) >= 11 is 0. The molecule has 0 amide bonds. The van der Waals surface area contributed by atoms with Crippen LogP contribution in [0.1, 0.15) is 51.4 Å². The van der Waals surface area contributed by atoms with E-state index in [0.717, 1.165) is 32.1 Å². The fraction of sp³-hybridized carbons (Fsp3) is 0.923. The Kier molecular flexibility index (Phi) is 2.13. The minimum atomic E-state index is -0.904. The molecule has 3 heteroatoms. The van der Waals surface area contributed by atoms with Crippen molar-refractivity contribution < 1.29 is 15.0 Å². The van der Waals surface area contributed by atoms with Crippen LogP contribution in [0.4, 0.5) is 0 Å². The van der Waals surface area contributed by atoms with Gasteiger partial charge in [0.1, 0.15) is 0 Å². The maximum Gasteiger partial charge on any atom is 0.312 e. The third-order valence-corrected chi connectivity index (χ3v) is 5.49. The molecule has 3 fully saturated rings. The van der Waals surface area contributed by atoms with Gasteiger partial charge in [-0.05, 0) is 43.9 Å². The molecule has 0 spiro atoms. The first-order chi connectivity index (χ1) is 7.58. The molecule has 90 valence electrons. The lowest BCUT2D eigenvalue weighted by Crippen LogP contribution is -2.54. The van der Waals surface area contributed by atoms with E-state index in [0.29, 0.717) is 18.8 Å². The fourth-order valence-corrected chi connectivity index (χ4v) is 4.77. The first kappa shape index (κ1) is 10.6. The average molecular weight is 224 g/mol. The van der Waals surface area contributed by atoms with Gasteiger partial charge in [-0.3, -0.25) is 4.79 Å². The maximum absolute atomic E-state index is 11.7. The van der Waals surface area contributed by atoms with Crippen molar-refractivity contribution >= 4 is 5.97 Å². The Hall–Kier alpha value is -0.570. The molecule has 3 saturated carbocycles. The predicted molar refractivity (Wildman–Crippen MR) is 58.9 cm³/mol. The zero-order valence-corrected chi connectivity index (χ0v) is 9.61. The summed E-state index contributed by atoms with van der Waals surface area (Å²) in [6.07, 6.45) is 7.32. The van der Waals surface area contributed by atoms with Crippen molar-refractivity contribution in [3.8, 4) is 0 Å². The van der Waals surface area contributed by atoms with Gasteiger partial charge in [-0.15, -0.1) is 0 Å². The van der Waals surface area contributed by atoms with Crippen LogP contribution < -0.4 is 0 Å². The summed E-state index contributed by atoms with van der Waals surface area (Å²) in [6, 6.07) is 0. The van der Waals surface area contributed by atoms with Gasteiger partial charge < -0.3 is 10.2 Å². The number of carboxylic acids is 1. The molecule has 0 aromatic heterocycles. The van der Waals surface area contributed by atoms with E-state index in [2.05, 4.69) is 0 Å². The lowest BCUT2D eigenvalue weighted by Gasteiger charge is -2.45. The summed E-state index contributed by atoms with van der Waals surface area (Å²) in [6.45, 7) is 0. The van der Waals surface area contributed by atoms with Crippen molar-refractivity contribution in [3.63, 3.8) is 0 Å². The molecule has 3 aliphatic carbocycles. The van der Waals surface area contributed by atoms with Crippen LogP contribution >= 0.6 is 0 Å². The Bertz CT molecular complexity index is 319. The first-order valence-electron chi connectivity index (χ1n) is 6.54. The van der Waals surface area contributed by atoms with Crippen molar-refractivity contribution in [1.82, 2.24) is 0 Å². The van der Waals surface area contributed by atoms with Crippen molar-refractivity contribution in [2.45, 2.75) is 57.0 Å². The van der Waals surface area contributed by atoms with Gasteiger partial charge in [-0.1, -0.05) is 19.3 Å². The quantitative estimate of drug-likeness (QED) is 0.756. The second-order valence-electron chi connectivity index (χ2n) is 6.10. The average Bonchev–Trinajstić information content (AvgIpc) is 2.91. The van der Waals surface area contributed by atoms with Crippen molar-refractivity contribution in [2.24, 2.45) is 17.3 Å². The van der Waals surface area contributed by atoms with Crippen LogP contribution in [-0.4, -0.2) is 21.8 Å². The van der Waals surface area contributed by atoms with Crippen LogP contribution in [0.5, 0.6) is 0 Å². The molecule has 0 aromatic rings. The van der Waals surface area contributed by atoms with Gasteiger partial charge in [0, 0.05) is 0 Å². The normalized spacial score (nSPS) is 45.1. The van der Waals surface area contributed by atoms with Gasteiger partial charge in [-0.25, -0.2) is 0 Å². The molecule has 3 nitrogen and oxygen atoms in total. The largest absolute Gasteiger partial charge is 0.481 e. The Balaban J connectivity index is 2.00. The van der Waals surface area contributed by atoms with Gasteiger partial charge in [0.15, 0.2) is 0 Å². The van der Waals surface area contributed by atoms with E-state index in [1.165, 1.54) is 6.42 Å². The zero-order chi connectivity index (χ0) is 11.4. The Morgan fingerprint density at radius 2 is 1.88 bits per heavy atom. The highest BCUT2D eigenvalue weighted by Crippen LogP contribution is 2.63. The molecule has 16 heavy (non-hydrogen) atoms. The van der Waals surface area contributed by atoms with E-state index >= 15 is 0 Å². The minimum absolute atomic E-state index is 0.234. The fourth-order valence-electron chi connectivity index (χ4n) is 4.77. The highest BCUT2D eigenvalue weighted by atomic mass is 16.4. The van der Waals surface area contributed by atoms with Gasteiger partial charge >= 0.3 is 5.97 Å². The summed E-state index contributed by atoms with van der Waals surface area (Å²) in [5.41, 5.74) is -1.70. The second kappa shape index (κ2) is 3.22. The van der Waals surface area contributed by atoms with Gasteiger partial charge in [0.25, 0.3) is 0 Å². The van der Waals surface area contributed by atoms with Crippen molar-refractivity contribution in [2.75, 3.05) is 0 Å². The Labute approximate surface area is 95.9 Å². The number of rotatable bonds is 2. The maximum atomic E-state index is 11.7. The molecule has 0 saturated heterocycles. The standard InChI is InChI=1S/C13H20O3/c14-11(15)13(12(16)5-1-2-6-12)8-9-3-4-10(13)7-9/h9-10,16H,1-8H2,(H,14,15). The summed E-state index contributed by atoms with van der Waals surface area (Å²) < 4.78 is 0. The van der Waals surface area contributed by atoms with E-state index in [1.54, 1.807) is 0 Å². The van der Waals surface area contributed by atoms with E-state index in [1.807, 2.05) is 0 Å². The summed E-state index contributed by atoms with van der Waals surface area (Å²) in [4.78, 5) is 11.7. The van der Waals surface area contributed by atoms with Crippen LogP contribution in [0.25, 0.3) is 0 Å². The van der Waals surface area contributed by atoms with E-state index in [4.69, 9.17) is 0 Å². The topological polar surface area (TPSA) is 57.5 Å². The van der Waals surface area contributed by atoms with Crippen molar-refractivity contribution in [3.05, 3.63) is 0 Å².